The van der Waals surface area contributed by atoms with Crippen molar-refractivity contribution in [1.82, 2.24) is 4.90 Å². The van der Waals surface area contributed by atoms with Gasteiger partial charge in [-0.2, -0.15) is 0 Å². The summed E-state index contributed by atoms with van der Waals surface area (Å²) in [7, 11) is 2.08. The molecule has 2 fully saturated rings. The first-order chi connectivity index (χ1) is 5.66. The molecule has 1 saturated carbocycles. The number of piperidine rings is 1. The highest BCUT2D eigenvalue weighted by Gasteiger charge is 2.39. The largest absolute Gasteiger partial charge is 0.305 e. The van der Waals surface area contributed by atoms with Crippen molar-refractivity contribution in [3.05, 3.63) is 0 Å². The van der Waals surface area contributed by atoms with E-state index in [4.69, 9.17) is 11.6 Å². The number of hydrogen-bond donors (Lipinski definition) is 0. The smallest absolute Gasteiger partial charge is 0.141 e. The van der Waals surface area contributed by atoms with E-state index >= 15 is 0 Å². The molecular weight excluding hydrogens is 174 g/mol. The number of halogens is 1. The molecule has 0 aromatic heterocycles. The Morgan fingerprint density at radius 3 is 2.33 bits per heavy atom. The van der Waals surface area contributed by atoms with Crippen molar-refractivity contribution in [2.75, 3.05) is 20.1 Å². The molecule has 1 saturated heterocycles. The van der Waals surface area contributed by atoms with Crippen LogP contribution in [0.2, 0.25) is 0 Å². The van der Waals surface area contributed by atoms with Gasteiger partial charge in [-0.1, -0.05) is 0 Å². The van der Waals surface area contributed by atoms with Crippen LogP contribution in [-0.4, -0.2) is 36.2 Å². The quantitative estimate of drug-likeness (QED) is 0.530. The second-order valence-corrected chi connectivity index (χ2v) is 4.70. The molecule has 0 N–H and O–H groups in total. The van der Waals surface area contributed by atoms with Gasteiger partial charge in [0.2, 0.25) is 0 Å². The van der Waals surface area contributed by atoms with Gasteiger partial charge in [0.1, 0.15) is 5.78 Å². The number of carbonyl (C=O) groups excluding carboxylic acids is 1. The summed E-state index contributed by atoms with van der Waals surface area (Å²) >= 11 is 6.06. The van der Waals surface area contributed by atoms with E-state index in [0.29, 0.717) is 5.78 Å². The Morgan fingerprint density at radius 2 is 1.83 bits per heavy atom. The standard InChI is InChI=1S/C9H14ClNO/c1-11-4-6-2-8(10)3-7(5-11)9(6)12/h6-8H,2-5H2,1H3. The summed E-state index contributed by atoms with van der Waals surface area (Å²) in [5.41, 5.74) is 0. The second kappa shape index (κ2) is 3.00. The molecule has 2 rings (SSSR count). The number of nitrogens with zero attached hydrogens (tertiary/aromatic N) is 1. The van der Waals surface area contributed by atoms with Crippen LogP contribution >= 0.6 is 11.6 Å². The highest BCUT2D eigenvalue weighted by atomic mass is 35.5. The summed E-state index contributed by atoms with van der Waals surface area (Å²) in [4.78, 5) is 13.9. The molecule has 0 radical (unpaired) electrons. The Kier molecular flexibility index (Phi) is 2.13. The number of hydrogen-bond acceptors (Lipinski definition) is 2. The molecule has 2 bridgehead atoms. The molecule has 0 amide bonds. The normalized spacial score (nSPS) is 43.2. The van der Waals surface area contributed by atoms with E-state index < -0.39 is 0 Å². The number of fused-ring (bicyclic) bond motifs is 2. The van der Waals surface area contributed by atoms with Crippen molar-refractivity contribution in [3.8, 4) is 0 Å². The van der Waals surface area contributed by atoms with Crippen molar-refractivity contribution in [3.63, 3.8) is 0 Å². The van der Waals surface area contributed by atoms with Crippen molar-refractivity contribution >= 4 is 17.4 Å². The third-order valence-electron chi connectivity index (χ3n) is 2.95. The van der Waals surface area contributed by atoms with Gasteiger partial charge in [-0.3, -0.25) is 4.79 Å². The Morgan fingerprint density at radius 1 is 1.33 bits per heavy atom. The second-order valence-electron chi connectivity index (χ2n) is 4.09. The first-order valence-corrected chi connectivity index (χ1v) is 4.97. The molecule has 68 valence electrons. The van der Waals surface area contributed by atoms with Gasteiger partial charge in [0.25, 0.3) is 0 Å². The minimum Gasteiger partial charge on any atom is -0.305 e. The van der Waals surface area contributed by atoms with E-state index in [1.807, 2.05) is 0 Å². The monoisotopic (exact) mass is 187 g/mol. The maximum Gasteiger partial charge on any atom is 0.141 e. The molecule has 2 unspecified atom stereocenters. The number of carbonyl (C=O) groups is 1. The zero-order chi connectivity index (χ0) is 8.72. The van der Waals surface area contributed by atoms with Crippen LogP contribution in [0.25, 0.3) is 0 Å². The van der Waals surface area contributed by atoms with Crippen molar-refractivity contribution in [2.24, 2.45) is 11.8 Å². The van der Waals surface area contributed by atoms with Crippen LogP contribution in [0.5, 0.6) is 0 Å². The molecular formula is C9H14ClNO. The minimum absolute atomic E-state index is 0.227. The first kappa shape index (κ1) is 8.52. The maximum absolute atomic E-state index is 11.6. The van der Waals surface area contributed by atoms with Crippen LogP contribution in [0.3, 0.4) is 0 Å². The molecule has 0 aromatic rings. The van der Waals surface area contributed by atoms with Crippen LogP contribution in [0.15, 0.2) is 0 Å². The average molecular weight is 188 g/mol. The summed E-state index contributed by atoms with van der Waals surface area (Å²) in [6.07, 6.45) is 1.78. The molecule has 2 atom stereocenters. The van der Waals surface area contributed by atoms with Gasteiger partial charge < -0.3 is 4.90 Å². The summed E-state index contributed by atoms with van der Waals surface area (Å²) in [6, 6.07) is 0. The Bertz CT molecular complexity index is 175. The van der Waals surface area contributed by atoms with Gasteiger partial charge in [-0.05, 0) is 19.9 Å². The lowest BCUT2D eigenvalue weighted by Crippen LogP contribution is -2.49. The zero-order valence-electron chi connectivity index (χ0n) is 7.29. The molecule has 1 aliphatic heterocycles. The predicted molar refractivity (Wildman–Crippen MR) is 48.4 cm³/mol. The van der Waals surface area contributed by atoms with Crippen LogP contribution in [-0.2, 0) is 4.79 Å². The van der Waals surface area contributed by atoms with Gasteiger partial charge in [-0.25, -0.2) is 0 Å². The Labute approximate surface area is 77.9 Å². The number of likely N-dealkylation sites (tertiary alicyclic amines) is 1. The van der Waals surface area contributed by atoms with Gasteiger partial charge in [-0.15, -0.1) is 11.6 Å². The summed E-state index contributed by atoms with van der Waals surface area (Å²) < 4.78 is 0. The maximum atomic E-state index is 11.6. The third kappa shape index (κ3) is 1.38. The summed E-state index contributed by atoms with van der Waals surface area (Å²) in [5.74, 6) is 0.917. The molecule has 0 spiro atoms. The number of alkyl halides is 1. The molecule has 12 heavy (non-hydrogen) atoms. The lowest BCUT2D eigenvalue weighted by molar-refractivity contribution is -0.133. The van der Waals surface area contributed by atoms with Crippen molar-refractivity contribution < 1.29 is 4.79 Å². The minimum atomic E-state index is 0.227. The van der Waals surface area contributed by atoms with E-state index in [9.17, 15) is 4.79 Å². The molecule has 1 heterocycles. The Balaban J connectivity index is 2.13. The van der Waals surface area contributed by atoms with Gasteiger partial charge in [0.05, 0.1) is 0 Å². The van der Waals surface area contributed by atoms with E-state index in [1.54, 1.807) is 0 Å². The lowest BCUT2D eigenvalue weighted by Gasteiger charge is -2.40. The average Bonchev–Trinajstić information content (AvgIpc) is 1.94. The number of Topliss-reactive ketones (excluding diaryl/α,β-unsaturated/α-hetero) is 1. The molecule has 3 heteroatoms. The van der Waals surface area contributed by atoms with Gasteiger partial charge >= 0.3 is 0 Å². The number of rotatable bonds is 0. The molecule has 0 aromatic carbocycles. The Hall–Kier alpha value is -0.0800. The fourth-order valence-corrected chi connectivity index (χ4v) is 2.87. The van der Waals surface area contributed by atoms with Gasteiger partial charge in [0, 0.05) is 30.3 Å². The van der Waals surface area contributed by atoms with Crippen LogP contribution in [0.1, 0.15) is 12.8 Å². The van der Waals surface area contributed by atoms with Gasteiger partial charge in [0.15, 0.2) is 0 Å². The SMILES string of the molecule is CN1CC2CC(Cl)CC(C1)C2=O. The highest BCUT2D eigenvalue weighted by molar-refractivity contribution is 6.21. The zero-order valence-corrected chi connectivity index (χ0v) is 8.05. The topological polar surface area (TPSA) is 20.3 Å². The predicted octanol–water partition coefficient (Wildman–Crippen LogP) is 1.13. The fourth-order valence-electron chi connectivity index (χ4n) is 2.44. The first-order valence-electron chi connectivity index (χ1n) is 4.53. The van der Waals surface area contributed by atoms with E-state index in [2.05, 4.69) is 11.9 Å². The summed E-state index contributed by atoms with van der Waals surface area (Å²) in [5, 5.41) is 0.242. The van der Waals surface area contributed by atoms with Crippen LogP contribution in [0, 0.1) is 11.8 Å². The molecule has 1 aliphatic carbocycles. The lowest BCUT2D eigenvalue weighted by atomic mass is 9.76. The van der Waals surface area contributed by atoms with E-state index in [0.717, 1.165) is 25.9 Å². The van der Waals surface area contributed by atoms with Crippen LogP contribution < -0.4 is 0 Å². The van der Waals surface area contributed by atoms with Crippen LogP contribution in [0.4, 0.5) is 0 Å². The number of ketones is 1. The molecule has 2 nitrogen and oxygen atoms in total. The van der Waals surface area contributed by atoms with Crippen molar-refractivity contribution in [1.29, 1.82) is 0 Å². The highest BCUT2D eigenvalue weighted by Crippen LogP contribution is 2.33. The van der Waals surface area contributed by atoms with E-state index in [1.165, 1.54) is 0 Å². The fraction of sp³-hybridized carbons (Fsp3) is 0.889. The van der Waals surface area contributed by atoms with E-state index in [-0.39, 0.29) is 17.2 Å². The summed E-state index contributed by atoms with van der Waals surface area (Å²) in [6.45, 7) is 1.83. The van der Waals surface area contributed by atoms with Crippen molar-refractivity contribution in [2.45, 2.75) is 18.2 Å². The third-order valence-corrected chi connectivity index (χ3v) is 3.31. The molecule has 2 aliphatic rings.